The number of fused-ring (bicyclic) bond motifs is 2. The first-order valence-corrected chi connectivity index (χ1v) is 19.4. The topological polar surface area (TPSA) is 184 Å². The molecule has 0 radical (unpaired) electrons. The van der Waals surface area contributed by atoms with E-state index in [2.05, 4.69) is 69.1 Å². The van der Waals surface area contributed by atoms with Crippen LogP contribution in [-0.4, -0.2) is 106 Å². The number of hydrogen-bond acceptors (Lipinski definition) is 9. The van der Waals surface area contributed by atoms with E-state index in [1.165, 1.54) is 21.3 Å². The van der Waals surface area contributed by atoms with Crippen LogP contribution in [0.25, 0.3) is 44.2 Å². The van der Waals surface area contributed by atoms with Gasteiger partial charge < -0.3 is 44.6 Å². The summed E-state index contributed by atoms with van der Waals surface area (Å²) in [4.78, 5) is 71.4. The summed E-state index contributed by atoms with van der Waals surface area (Å²) in [5.74, 6) is 0.918. The minimum atomic E-state index is -0.901. The standard InChI is InChI=1S/C42H50N8O7/c1-23(2)35(47-41(53)56-5)39(51)49-17-7-9-33(49)37-43-22-32(46-37)29-14-13-25-19-26(11-12-27(25)20-29)28-15-16-30-31(21-28)45-38(44-30)34-10-8-18-50(34)40(52)36(24(3)55-4)48-42(54)57-6/h11-16,19-24,33-36H,7-10,17-18H2,1-6H3,(H,43,46)(H,44,45)(H,47,53)(H,48,54). The first-order valence-electron chi connectivity index (χ1n) is 19.4. The molecule has 15 heteroatoms. The monoisotopic (exact) mass is 778 g/mol. The molecule has 0 bridgehead atoms. The van der Waals surface area contributed by atoms with E-state index in [4.69, 9.17) is 24.2 Å². The van der Waals surface area contributed by atoms with Crippen LogP contribution in [0.1, 0.15) is 70.2 Å². The summed E-state index contributed by atoms with van der Waals surface area (Å²) < 4.78 is 14.9. The van der Waals surface area contributed by atoms with Crippen LogP contribution in [0.4, 0.5) is 9.59 Å². The van der Waals surface area contributed by atoms with Crippen molar-refractivity contribution < 1.29 is 33.4 Å². The molecular formula is C42H50N8O7. The highest BCUT2D eigenvalue weighted by Crippen LogP contribution is 2.36. The number of aromatic nitrogens is 4. The highest BCUT2D eigenvalue weighted by Gasteiger charge is 2.39. The van der Waals surface area contributed by atoms with Crippen molar-refractivity contribution in [1.29, 1.82) is 0 Å². The average molecular weight is 779 g/mol. The second-order valence-electron chi connectivity index (χ2n) is 15.1. The van der Waals surface area contributed by atoms with E-state index in [9.17, 15) is 19.2 Å². The second kappa shape index (κ2) is 16.6. The molecule has 2 fully saturated rings. The maximum Gasteiger partial charge on any atom is 0.407 e. The predicted octanol–water partition coefficient (Wildman–Crippen LogP) is 6.24. The van der Waals surface area contributed by atoms with Crippen LogP contribution in [-0.2, 0) is 23.8 Å². The van der Waals surface area contributed by atoms with Gasteiger partial charge in [-0.3, -0.25) is 9.59 Å². The summed E-state index contributed by atoms with van der Waals surface area (Å²) in [6.07, 6.45) is 3.10. The van der Waals surface area contributed by atoms with Gasteiger partial charge in [-0.05, 0) is 84.7 Å². The van der Waals surface area contributed by atoms with Crippen molar-refractivity contribution in [2.75, 3.05) is 34.4 Å². The fraction of sp³-hybridized carbons (Fsp3) is 0.429. The molecule has 4 heterocycles. The lowest BCUT2D eigenvalue weighted by Crippen LogP contribution is -2.54. The molecule has 5 aromatic rings. The number of amides is 4. The van der Waals surface area contributed by atoms with Gasteiger partial charge in [0.1, 0.15) is 23.7 Å². The molecule has 2 aliphatic heterocycles. The summed E-state index contributed by atoms with van der Waals surface area (Å²) in [6, 6.07) is 16.7. The number of ether oxygens (including phenoxy) is 3. The summed E-state index contributed by atoms with van der Waals surface area (Å²) >= 11 is 0. The van der Waals surface area contributed by atoms with E-state index in [0.29, 0.717) is 18.9 Å². The maximum absolute atomic E-state index is 13.7. The number of carbonyl (C=O) groups is 4. The molecule has 4 N–H and O–H groups in total. The highest BCUT2D eigenvalue weighted by atomic mass is 16.5. The van der Waals surface area contributed by atoms with Crippen LogP contribution in [0, 0.1) is 5.92 Å². The largest absolute Gasteiger partial charge is 0.453 e. The summed E-state index contributed by atoms with van der Waals surface area (Å²) in [7, 11) is 4.05. The number of alkyl carbamates (subject to hydrolysis) is 2. The van der Waals surface area contributed by atoms with Gasteiger partial charge in [0, 0.05) is 25.8 Å². The third-order valence-electron chi connectivity index (χ3n) is 11.2. The molecule has 2 aromatic heterocycles. The number of likely N-dealkylation sites (tertiary alicyclic amines) is 2. The summed E-state index contributed by atoms with van der Waals surface area (Å²) in [5, 5.41) is 7.48. The lowest BCUT2D eigenvalue weighted by molar-refractivity contribution is -0.137. The number of nitrogens with one attached hydrogen (secondary N) is 4. The summed E-state index contributed by atoms with van der Waals surface area (Å²) in [5.41, 5.74) is 5.57. The van der Waals surface area contributed by atoms with Gasteiger partial charge in [0.05, 0.1) is 55.3 Å². The van der Waals surface area contributed by atoms with Gasteiger partial charge in [-0.15, -0.1) is 0 Å². The van der Waals surface area contributed by atoms with Gasteiger partial charge in [-0.1, -0.05) is 44.2 Å². The molecule has 2 aliphatic rings. The van der Waals surface area contributed by atoms with Gasteiger partial charge in [0.15, 0.2) is 0 Å². The fourth-order valence-electron chi connectivity index (χ4n) is 8.00. The van der Waals surface area contributed by atoms with E-state index >= 15 is 0 Å². The Kier molecular flexibility index (Phi) is 11.5. The zero-order valence-corrected chi connectivity index (χ0v) is 33.1. The van der Waals surface area contributed by atoms with Crippen molar-refractivity contribution in [3.05, 3.63) is 72.4 Å². The molecule has 15 nitrogen and oxygen atoms in total. The fourth-order valence-corrected chi connectivity index (χ4v) is 8.00. The number of aromatic amines is 2. The van der Waals surface area contributed by atoms with Gasteiger partial charge in [-0.2, -0.15) is 0 Å². The Balaban J connectivity index is 1.07. The number of hydrogen-bond donors (Lipinski definition) is 4. The highest BCUT2D eigenvalue weighted by molar-refractivity contribution is 5.92. The third kappa shape index (κ3) is 8.01. The smallest absolute Gasteiger partial charge is 0.407 e. The number of carbonyl (C=O) groups excluding carboxylic acids is 4. The van der Waals surface area contributed by atoms with Gasteiger partial charge >= 0.3 is 12.2 Å². The molecular weight excluding hydrogens is 729 g/mol. The first-order chi connectivity index (χ1) is 27.5. The van der Waals surface area contributed by atoms with Crippen LogP contribution >= 0.6 is 0 Å². The third-order valence-corrected chi connectivity index (χ3v) is 11.2. The normalized spacial score (nSPS) is 18.5. The SMILES string of the molecule is COC(=O)NC(C(=O)N1CCCC1c1ncc(-c2ccc3cc(-c4ccc5nc(C6CCCN6C(=O)C(NC(=O)OC)C(C)OC)[nH]c5c4)ccc3c2)[nH]1)C(C)C. The number of H-pyrrole nitrogens is 2. The van der Waals surface area contributed by atoms with Crippen LogP contribution < -0.4 is 10.6 Å². The average Bonchev–Trinajstić information content (AvgIpc) is 4.06. The van der Waals surface area contributed by atoms with Crippen molar-refractivity contribution in [3.63, 3.8) is 0 Å². The van der Waals surface area contributed by atoms with Crippen molar-refractivity contribution in [1.82, 2.24) is 40.4 Å². The molecule has 300 valence electrons. The Labute approximate surface area is 330 Å². The molecule has 5 atom stereocenters. The predicted molar refractivity (Wildman–Crippen MR) is 214 cm³/mol. The molecule has 57 heavy (non-hydrogen) atoms. The second-order valence-corrected chi connectivity index (χ2v) is 15.1. The lowest BCUT2D eigenvalue weighted by Gasteiger charge is -2.30. The summed E-state index contributed by atoms with van der Waals surface area (Å²) in [6.45, 7) is 6.67. The van der Waals surface area contributed by atoms with E-state index in [-0.39, 0.29) is 29.8 Å². The Hall–Kier alpha value is -5.96. The Morgan fingerprint density at radius 2 is 1.28 bits per heavy atom. The first kappa shape index (κ1) is 39.3. The van der Waals surface area contributed by atoms with Gasteiger partial charge in [0.25, 0.3) is 0 Å². The molecule has 0 aliphatic carbocycles. The number of imidazole rings is 2. The van der Waals surface area contributed by atoms with Crippen LogP contribution in [0.2, 0.25) is 0 Å². The van der Waals surface area contributed by atoms with E-state index in [1.54, 1.807) is 11.8 Å². The van der Waals surface area contributed by atoms with Crippen LogP contribution in [0.3, 0.4) is 0 Å². The lowest BCUT2D eigenvalue weighted by atomic mass is 9.99. The van der Waals surface area contributed by atoms with Crippen molar-refractivity contribution >= 4 is 45.8 Å². The number of methoxy groups -OCH3 is 3. The molecule has 5 unspecified atom stereocenters. The Morgan fingerprint density at radius 3 is 1.91 bits per heavy atom. The molecule has 7 rings (SSSR count). The van der Waals surface area contributed by atoms with Crippen LogP contribution in [0.15, 0.2) is 60.8 Å². The molecule has 2 saturated heterocycles. The maximum atomic E-state index is 13.7. The number of benzene rings is 3. The zero-order valence-electron chi connectivity index (χ0n) is 33.1. The zero-order chi connectivity index (χ0) is 40.4. The molecule has 0 spiro atoms. The van der Waals surface area contributed by atoms with E-state index < -0.39 is 30.4 Å². The number of rotatable bonds is 11. The van der Waals surface area contributed by atoms with E-state index in [0.717, 1.165) is 75.7 Å². The molecule has 4 amide bonds. The van der Waals surface area contributed by atoms with Crippen LogP contribution in [0.5, 0.6) is 0 Å². The minimum Gasteiger partial charge on any atom is -0.453 e. The van der Waals surface area contributed by atoms with Crippen molar-refractivity contribution in [3.8, 4) is 22.4 Å². The quantitative estimate of drug-likeness (QED) is 0.121. The van der Waals surface area contributed by atoms with Crippen molar-refractivity contribution in [2.45, 2.75) is 76.7 Å². The molecule has 3 aromatic carbocycles. The van der Waals surface area contributed by atoms with Gasteiger partial charge in [0.2, 0.25) is 11.8 Å². The molecule has 0 saturated carbocycles. The Bertz CT molecular complexity index is 2280. The Morgan fingerprint density at radius 1 is 0.719 bits per heavy atom. The minimum absolute atomic E-state index is 0.111. The van der Waals surface area contributed by atoms with Crippen molar-refractivity contribution in [2.24, 2.45) is 5.92 Å². The number of nitrogens with zero attached hydrogens (tertiary/aromatic N) is 4. The van der Waals surface area contributed by atoms with Gasteiger partial charge in [-0.25, -0.2) is 19.6 Å². The van der Waals surface area contributed by atoms with E-state index in [1.807, 2.05) is 31.0 Å².